The van der Waals surface area contributed by atoms with Crippen molar-refractivity contribution in [2.75, 3.05) is 18.5 Å². The summed E-state index contributed by atoms with van der Waals surface area (Å²) in [5, 5.41) is 7.21. The van der Waals surface area contributed by atoms with E-state index in [-0.39, 0.29) is 5.91 Å². The third kappa shape index (κ3) is 4.19. The van der Waals surface area contributed by atoms with Crippen molar-refractivity contribution in [3.05, 3.63) is 65.7 Å². The van der Waals surface area contributed by atoms with Gasteiger partial charge in [-0.05, 0) is 43.5 Å². The van der Waals surface area contributed by atoms with Gasteiger partial charge in [0.05, 0.1) is 17.6 Å². The van der Waals surface area contributed by atoms with Crippen LogP contribution < -0.4 is 15.4 Å². The lowest BCUT2D eigenvalue weighted by Crippen LogP contribution is -2.26. The topological polar surface area (TPSA) is 63.2 Å². The molecule has 5 nitrogen and oxygen atoms in total. The van der Waals surface area contributed by atoms with Gasteiger partial charge in [-0.25, -0.2) is 4.98 Å². The van der Waals surface area contributed by atoms with Crippen molar-refractivity contribution in [1.82, 2.24) is 10.3 Å². The molecular formula is C22H23N3O2. The van der Waals surface area contributed by atoms with Crippen LogP contribution in [0.15, 0.2) is 54.6 Å². The zero-order valence-corrected chi connectivity index (χ0v) is 15.4. The summed E-state index contributed by atoms with van der Waals surface area (Å²) in [4.78, 5) is 17.3. The Morgan fingerprint density at radius 2 is 1.93 bits per heavy atom. The summed E-state index contributed by atoms with van der Waals surface area (Å²) in [7, 11) is 0. The minimum Gasteiger partial charge on any atom is -0.491 e. The Bertz CT molecular complexity index is 967. The maximum Gasteiger partial charge on any atom is 0.252 e. The van der Waals surface area contributed by atoms with Crippen LogP contribution in [-0.2, 0) is 0 Å². The van der Waals surface area contributed by atoms with E-state index in [0.717, 1.165) is 35.1 Å². The molecule has 0 saturated heterocycles. The van der Waals surface area contributed by atoms with Crippen molar-refractivity contribution in [2.45, 2.75) is 25.8 Å². The van der Waals surface area contributed by atoms with Crippen LogP contribution in [0.3, 0.4) is 0 Å². The van der Waals surface area contributed by atoms with Gasteiger partial charge in [0.2, 0.25) is 0 Å². The van der Waals surface area contributed by atoms with E-state index in [1.165, 1.54) is 0 Å². The molecule has 4 rings (SSSR count). The zero-order valence-electron chi connectivity index (χ0n) is 15.4. The Morgan fingerprint density at radius 1 is 1.15 bits per heavy atom. The fourth-order valence-corrected chi connectivity index (χ4v) is 3.00. The van der Waals surface area contributed by atoms with Crippen molar-refractivity contribution >= 4 is 22.6 Å². The quantitative estimate of drug-likeness (QED) is 0.626. The molecule has 0 unspecified atom stereocenters. The number of ether oxygens (including phenoxy) is 1. The number of para-hydroxylation sites is 2. The maximum atomic E-state index is 12.6. The van der Waals surface area contributed by atoms with E-state index in [4.69, 9.17) is 4.74 Å². The number of aryl methyl sites for hydroxylation is 1. The van der Waals surface area contributed by atoms with E-state index in [9.17, 15) is 4.79 Å². The highest BCUT2D eigenvalue weighted by atomic mass is 16.5. The molecule has 1 saturated carbocycles. The zero-order chi connectivity index (χ0) is 18.6. The van der Waals surface area contributed by atoms with Crippen molar-refractivity contribution in [1.29, 1.82) is 0 Å². The molecule has 27 heavy (non-hydrogen) atoms. The monoisotopic (exact) mass is 361 g/mol. The van der Waals surface area contributed by atoms with Crippen LogP contribution in [0.2, 0.25) is 0 Å². The number of nitrogens with zero attached hydrogens (tertiary/aromatic N) is 1. The van der Waals surface area contributed by atoms with Gasteiger partial charge in [-0.1, -0.05) is 36.4 Å². The van der Waals surface area contributed by atoms with Crippen molar-refractivity contribution in [3.63, 3.8) is 0 Å². The average molecular weight is 361 g/mol. The van der Waals surface area contributed by atoms with E-state index >= 15 is 0 Å². The van der Waals surface area contributed by atoms with Gasteiger partial charge in [0, 0.05) is 11.4 Å². The van der Waals surface area contributed by atoms with Crippen molar-refractivity contribution in [2.24, 2.45) is 0 Å². The molecule has 1 aliphatic carbocycles. The predicted molar refractivity (Wildman–Crippen MR) is 107 cm³/mol. The third-order valence-electron chi connectivity index (χ3n) is 4.63. The molecule has 0 radical (unpaired) electrons. The largest absolute Gasteiger partial charge is 0.491 e. The molecule has 1 fully saturated rings. The number of rotatable bonds is 7. The van der Waals surface area contributed by atoms with Gasteiger partial charge < -0.3 is 15.4 Å². The minimum absolute atomic E-state index is 0.0321. The first kappa shape index (κ1) is 17.3. The van der Waals surface area contributed by atoms with Gasteiger partial charge >= 0.3 is 0 Å². The SMILES string of the molecule is Cc1ccccc1OCCNc1cc(C(=O)NC2CC2)c2ccccc2n1. The number of amides is 1. The summed E-state index contributed by atoms with van der Waals surface area (Å²) in [5.74, 6) is 1.54. The van der Waals surface area contributed by atoms with E-state index < -0.39 is 0 Å². The van der Waals surface area contributed by atoms with Crippen molar-refractivity contribution < 1.29 is 9.53 Å². The average Bonchev–Trinajstić information content (AvgIpc) is 3.50. The molecule has 0 atom stereocenters. The predicted octanol–water partition coefficient (Wildman–Crippen LogP) is 3.93. The van der Waals surface area contributed by atoms with Gasteiger partial charge in [-0.15, -0.1) is 0 Å². The van der Waals surface area contributed by atoms with Crippen LogP contribution in [0.1, 0.15) is 28.8 Å². The van der Waals surface area contributed by atoms with E-state index in [2.05, 4.69) is 15.6 Å². The van der Waals surface area contributed by atoms with Crippen LogP contribution in [0.4, 0.5) is 5.82 Å². The van der Waals surface area contributed by atoms with E-state index in [0.29, 0.717) is 30.6 Å². The molecule has 0 bridgehead atoms. The number of hydrogen-bond donors (Lipinski definition) is 2. The lowest BCUT2D eigenvalue weighted by atomic mass is 10.1. The third-order valence-corrected chi connectivity index (χ3v) is 4.63. The smallest absolute Gasteiger partial charge is 0.252 e. The fraction of sp³-hybridized carbons (Fsp3) is 0.273. The van der Waals surface area contributed by atoms with Gasteiger partial charge in [0.15, 0.2) is 0 Å². The number of anilines is 1. The molecule has 2 aromatic carbocycles. The molecule has 1 aliphatic rings. The highest BCUT2D eigenvalue weighted by Crippen LogP contribution is 2.24. The first-order chi connectivity index (χ1) is 13.2. The van der Waals surface area contributed by atoms with Gasteiger partial charge in [0.25, 0.3) is 5.91 Å². The molecule has 1 heterocycles. The number of hydrogen-bond acceptors (Lipinski definition) is 4. The van der Waals surface area contributed by atoms with Crippen LogP contribution in [0.25, 0.3) is 10.9 Å². The summed E-state index contributed by atoms with van der Waals surface area (Å²) in [6.45, 7) is 3.14. The number of aromatic nitrogens is 1. The second kappa shape index (κ2) is 7.66. The molecule has 3 aromatic rings. The first-order valence-corrected chi connectivity index (χ1v) is 9.33. The molecule has 0 aliphatic heterocycles. The molecule has 2 N–H and O–H groups in total. The van der Waals surface area contributed by atoms with E-state index in [1.54, 1.807) is 0 Å². The maximum absolute atomic E-state index is 12.6. The number of benzene rings is 2. The summed E-state index contributed by atoms with van der Waals surface area (Å²) in [5.41, 5.74) is 2.58. The Morgan fingerprint density at radius 3 is 2.74 bits per heavy atom. The standard InChI is InChI=1S/C22H23N3O2/c1-15-6-2-5-9-20(15)27-13-12-23-21-14-18(22(26)24-16-10-11-16)17-7-3-4-8-19(17)25-21/h2-9,14,16H,10-13H2,1H3,(H,23,25)(H,24,26). The van der Waals surface area contributed by atoms with Crippen LogP contribution >= 0.6 is 0 Å². The lowest BCUT2D eigenvalue weighted by molar-refractivity contribution is 0.0952. The summed E-state index contributed by atoms with van der Waals surface area (Å²) in [6, 6.07) is 17.8. The molecule has 1 amide bonds. The first-order valence-electron chi connectivity index (χ1n) is 9.33. The Labute approximate surface area is 158 Å². The Kier molecular flexibility index (Phi) is 4.92. The summed E-state index contributed by atoms with van der Waals surface area (Å²) in [6.07, 6.45) is 2.13. The second-order valence-corrected chi connectivity index (χ2v) is 6.86. The molecule has 1 aromatic heterocycles. The highest BCUT2D eigenvalue weighted by molar-refractivity contribution is 6.07. The second-order valence-electron chi connectivity index (χ2n) is 6.86. The lowest BCUT2D eigenvalue weighted by Gasteiger charge is -2.12. The highest BCUT2D eigenvalue weighted by Gasteiger charge is 2.25. The minimum atomic E-state index is -0.0321. The molecular weight excluding hydrogens is 338 g/mol. The Balaban J connectivity index is 1.46. The van der Waals surface area contributed by atoms with Gasteiger partial charge in [-0.3, -0.25) is 4.79 Å². The number of fused-ring (bicyclic) bond motifs is 1. The van der Waals surface area contributed by atoms with Crippen molar-refractivity contribution in [3.8, 4) is 5.75 Å². The summed E-state index contributed by atoms with van der Waals surface area (Å²) < 4.78 is 5.82. The number of nitrogens with one attached hydrogen (secondary N) is 2. The van der Waals surface area contributed by atoms with Crippen LogP contribution in [0, 0.1) is 6.92 Å². The van der Waals surface area contributed by atoms with E-state index in [1.807, 2.05) is 61.5 Å². The molecule has 5 heteroatoms. The van der Waals surface area contributed by atoms with Gasteiger partial charge in [0.1, 0.15) is 18.2 Å². The van der Waals surface area contributed by atoms with Crippen LogP contribution in [0.5, 0.6) is 5.75 Å². The van der Waals surface area contributed by atoms with Crippen LogP contribution in [-0.4, -0.2) is 30.1 Å². The number of carbonyl (C=O) groups is 1. The fourth-order valence-electron chi connectivity index (χ4n) is 3.00. The normalized spacial score (nSPS) is 13.4. The van der Waals surface area contributed by atoms with Gasteiger partial charge in [-0.2, -0.15) is 0 Å². The number of pyridine rings is 1. The molecule has 138 valence electrons. The molecule has 0 spiro atoms. The summed E-state index contributed by atoms with van der Waals surface area (Å²) >= 11 is 0. The number of carbonyl (C=O) groups excluding carboxylic acids is 1. The Hall–Kier alpha value is -3.08.